The standard InChI is InChI=1S/C7H11ClN2/c1-6(2)10-4-7(3-8)9-5-10/h4-6H,3H2,1-2H3. The first-order chi connectivity index (χ1) is 4.74. The summed E-state index contributed by atoms with van der Waals surface area (Å²) >= 11 is 5.57. The Kier molecular flexibility index (Phi) is 2.33. The highest BCUT2D eigenvalue weighted by Gasteiger charge is 1.98. The minimum atomic E-state index is 0.476. The first-order valence-corrected chi connectivity index (χ1v) is 3.86. The van der Waals surface area contributed by atoms with Crippen LogP contribution >= 0.6 is 11.6 Å². The molecule has 0 unspecified atom stereocenters. The summed E-state index contributed by atoms with van der Waals surface area (Å²) in [7, 11) is 0. The summed E-state index contributed by atoms with van der Waals surface area (Å²) < 4.78 is 2.04. The van der Waals surface area contributed by atoms with Gasteiger partial charge in [0.1, 0.15) is 0 Å². The summed E-state index contributed by atoms with van der Waals surface area (Å²) in [4.78, 5) is 4.09. The van der Waals surface area contributed by atoms with Gasteiger partial charge >= 0.3 is 0 Å². The smallest absolute Gasteiger partial charge is 0.0952 e. The molecule has 0 aromatic carbocycles. The van der Waals surface area contributed by atoms with Crippen LogP contribution in [-0.2, 0) is 5.88 Å². The van der Waals surface area contributed by atoms with Crippen molar-refractivity contribution >= 4 is 11.6 Å². The van der Waals surface area contributed by atoms with E-state index in [1.165, 1.54) is 0 Å². The third-order valence-corrected chi connectivity index (χ3v) is 1.66. The van der Waals surface area contributed by atoms with E-state index in [2.05, 4.69) is 18.8 Å². The lowest BCUT2D eigenvalue weighted by molar-refractivity contribution is 0.599. The lowest BCUT2D eigenvalue weighted by Gasteiger charge is -2.03. The Bertz CT molecular complexity index is 205. The summed E-state index contributed by atoms with van der Waals surface area (Å²) in [5, 5.41) is 0. The largest absolute Gasteiger partial charge is 0.335 e. The van der Waals surface area contributed by atoms with Gasteiger partial charge in [0, 0.05) is 12.2 Å². The fraction of sp³-hybridized carbons (Fsp3) is 0.571. The molecule has 1 rings (SSSR count). The molecule has 1 aromatic rings. The third kappa shape index (κ3) is 1.51. The Hall–Kier alpha value is -0.500. The van der Waals surface area contributed by atoms with Crippen LogP contribution in [0.1, 0.15) is 25.6 Å². The summed E-state index contributed by atoms with van der Waals surface area (Å²) in [5.74, 6) is 0.500. The van der Waals surface area contributed by atoms with Crippen molar-refractivity contribution in [2.24, 2.45) is 0 Å². The molecule has 0 bridgehead atoms. The van der Waals surface area contributed by atoms with Gasteiger partial charge in [-0.25, -0.2) is 4.98 Å². The van der Waals surface area contributed by atoms with Crippen LogP contribution in [0, 0.1) is 0 Å². The molecule has 0 radical (unpaired) electrons. The maximum Gasteiger partial charge on any atom is 0.0952 e. The molecule has 2 nitrogen and oxygen atoms in total. The lowest BCUT2D eigenvalue weighted by Crippen LogP contribution is -1.95. The highest BCUT2D eigenvalue weighted by Crippen LogP contribution is 2.06. The molecule has 0 saturated heterocycles. The van der Waals surface area contributed by atoms with E-state index in [4.69, 9.17) is 11.6 Å². The van der Waals surface area contributed by atoms with Crippen molar-refractivity contribution in [3.8, 4) is 0 Å². The molecule has 0 saturated carbocycles. The number of rotatable bonds is 2. The van der Waals surface area contributed by atoms with Crippen LogP contribution in [0.2, 0.25) is 0 Å². The van der Waals surface area contributed by atoms with E-state index in [9.17, 15) is 0 Å². The minimum absolute atomic E-state index is 0.476. The highest BCUT2D eigenvalue weighted by molar-refractivity contribution is 6.16. The zero-order chi connectivity index (χ0) is 7.56. The molecule has 0 spiro atoms. The van der Waals surface area contributed by atoms with Gasteiger partial charge in [-0.1, -0.05) is 0 Å². The Morgan fingerprint density at radius 3 is 2.70 bits per heavy atom. The van der Waals surface area contributed by atoms with Crippen molar-refractivity contribution in [3.63, 3.8) is 0 Å². The summed E-state index contributed by atoms with van der Waals surface area (Å²) in [6.45, 7) is 4.22. The molecule has 56 valence electrons. The topological polar surface area (TPSA) is 17.8 Å². The van der Waals surface area contributed by atoms with Gasteiger partial charge in [0.15, 0.2) is 0 Å². The van der Waals surface area contributed by atoms with E-state index in [0.717, 1.165) is 5.69 Å². The molecule has 0 amide bonds. The molecule has 3 heteroatoms. The third-order valence-electron chi connectivity index (χ3n) is 1.39. The zero-order valence-electron chi connectivity index (χ0n) is 6.21. The van der Waals surface area contributed by atoms with Gasteiger partial charge in [0.25, 0.3) is 0 Å². The Morgan fingerprint density at radius 2 is 2.40 bits per heavy atom. The number of imidazole rings is 1. The molecule has 0 aliphatic heterocycles. The average molecular weight is 159 g/mol. The van der Waals surface area contributed by atoms with Crippen LogP contribution in [0.5, 0.6) is 0 Å². The Morgan fingerprint density at radius 1 is 1.70 bits per heavy atom. The number of nitrogens with zero attached hydrogens (tertiary/aromatic N) is 2. The fourth-order valence-electron chi connectivity index (χ4n) is 0.731. The van der Waals surface area contributed by atoms with Crippen molar-refractivity contribution in [1.29, 1.82) is 0 Å². The first kappa shape index (κ1) is 7.61. The zero-order valence-corrected chi connectivity index (χ0v) is 6.97. The van der Waals surface area contributed by atoms with Gasteiger partial charge in [-0.05, 0) is 13.8 Å². The molecule has 0 fully saturated rings. The second-order valence-corrected chi connectivity index (χ2v) is 2.81. The van der Waals surface area contributed by atoms with E-state index in [-0.39, 0.29) is 0 Å². The normalized spacial score (nSPS) is 10.8. The Balaban J connectivity index is 2.78. The van der Waals surface area contributed by atoms with Crippen LogP contribution < -0.4 is 0 Å². The number of alkyl halides is 1. The maximum atomic E-state index is 5.57. The summed E-state index contributed by atoms with van der Waals surface area (Å²) in [6, 6.07) is 0.476. The highest BCUT2D eigenvalue weighted by atomic mass is 35.5. The second-order valence-electron chi connectivity index (χ2n) is 2.54. The van der Waals surface area contributed by atoms with E-state index < -0.39 is 0 Å². The van der Waals surface area contributed by atoms with E-state index in [0.29, 0.717) is 11.9 Å². The molecule has 0 N–H and O–H groups in total. The number of halogens is 1. The molecule has 0 aliphatic rings. The number of aromatic nitrogens is 2. The van der Waals surface area contributed by atoms with Crippen molar-refractivity contribution in [3.05, 3.63) is 18.2 Å². The predicted octanol–water partition coefficient (Wildman–Crippen LogP) is 2.20. The van der Waals surface area contributed by atoms with Gasteiger partial charge in [0.05, 0.1) is 17.9 Å². The SMILES string of the molecule is CC(C)n1cnc(CCl)c1. The molecule has 10 heavy (non-hydrogen) atoms. The van der Waals surface area contributed by atoms with E-state index >= 15 is 0 Å². The minimum Gasteiger partial charge on any atom is -0.335 e. The maximum absolute atomic E-state index is 5.57. The molecule has 0 aliphatic carbocycles. The Labute approximate surface area is 65.8 Å². The number of hydrogen-bond acceptors (Lipinski definition) is 1. The van der Waals surface area contributed by atoms with Gasteiger partial charge < -0.3 is 4.57 Å². The molecular weight excluding hydrogens is 148 g/mol. The van der Waals surface area contributed by atoms with Crippen LogP contribution in [0.3, 0.4) is 0 Å². The summed E-state index contributed by atoms with van der Waals surface area (Å²) in [6.07, 6.45) is 3.78. The summed E-state index contributed by atoms with van der Waals surface area (Å²) in [5.41, 5.74) is 0.940. The van der Waals surface area contributed by atoms with E-state index in [1.54, 1.807) is 0 Å². The quantitative estimate of drug-likeness (QED) is 0.604. The van der Waals surface area contributed by atoms with Crippen molar-refractivity contribution in [2.45, 2.75) is 25.8 Å². The first-order valence-electron chi connectivity index (χ1n) is 3.32. The van der Waals surface area contributed by atoms with Crippen LogP contribution in [-0.4, -0.2) is 9.55 Å². The van der Waals surface area contributed by atoms with Crippen molar-refractivity contribution in [1.82, 2.24) is 9.55 Å². The van der Waals surface area contributed by atoms with Gasteiger partial charge in [-0.15, -0.1) is 11.6 Å². The molecule has 1 heterocycles. The van der Waals surface area contributed by atoms with E-state index in [1.807, 2.05) is 17.1 Å². The monoisotopic (exact) mass is 158 g/mol. The van der Waals surface area contributed by atoms with Crippen LogP contribution in [0.15, 0.2) is 12.5 Å². The van der Waals surface area contributed by atoms with Crippen molar-refractivity contribution < 1.29 is 0 Å². The molecule has 1 aromatic heterocycles. The second kappa shape index (κ2) is 3.06. The average Bonchev–Trinajstić information content (AvgIpc) is 2.34. The van der Waals surface area contributed by atoms with Gasteiger partial charge in [-0.3, -0.25) is 0 Å². The van der Waals surface area contributed by atoms with Gasteiger partial charge in [0.2, 0.25) is 0 Å². The van der Waals surface area contributed by atoms with Crippen molar-refractivity contribution in [2.75, 3.05) is 0 Å². The van der Waals surface area contributed by atoms with Gasteiger partial charge in [-0.2, -0.15) is 0 Å². The fourth-order valence-corrected chi connectivity index (χ4v) is 0.869. The van der Waals surface area contributed by atoms with Crippen LogP contribution in [0.25, 0.3) is 0 Å². The lowest BCUT2D eigenvalue weighted by atomic mass is 10.4. The van der Waals surface area contributed by atoms with Crippen LogP contribution in [0.4, 0.5) is 0 Å². The molecular formula is C7H11ClN2. The predicted molar refractivity (Wildman–Crippen MR) is 42.2 cm³/mol. The number of hydrogen-bond donors (Lipinski definition) is 0. The molecule has 0 atom stereocenters.